The van der Waals surface area contributed by atoms with Gasteiger partial charge in [0.05, 0.1) is 19.3 Å². The fourth-order valence-electron chi connectivity index (χ4n) is 3.77. The first-order chi connectivity index (χ1) is 14.6. The molecular formula is C24H35IN4O2. The van der Waals surface area contributed by atoms with Crippen molar-refractivity contribution in [1.29, 1.82) is 0 Å². The quantitative estimate of drug-likeness (QED) is 0.302. The van der Waals surface area contributed by atoms with Crippen LogP contribution in [0.25, 0.3) is 0 Å². The average Bonchev–Trinajstić information content (AvgIpc) is 3.22. The molecule has 2 unspecified atom stereocenters. The number of hydrogen-bond donors (Lipinski definition) is 2. The molecule has 0 aliphatic carbocycles. The van der Waals surface area contributed by atoms with E-state index < -0.39 is 0 Å². The molecule has 0 aromatic heterocycles. The van der Waals surface area contributed by atoms with Gasteiger partial charge in [-0.1, -0.05) is 24.3 Å². The van der Waals surface area contributed by atoms with Crippen LogP contribution in [-0.4, -0.2) is 52.4 Å². The smallest absolute Gasteiger partial charge is 0.191 e. The lowest BCUT2D eigenvalue weighted by Gasteiger charge is -2.22. The SMILES string of the molecule is CN=C(NCC1CCN(c2ccccc2OC)C1)NCC(C)Oc1cccc(C)c1.I. The number of hydrogen-bond acceptors (Lipinski definition) is 4. The molecule has 0 saturated carbocycles. The standard InChI is InChI=1S/C24H34N4O2.HI/c1-18-8-7-9-21(14-18)30-19(2)15-26-24(25-3)27-16-20-12-13-28(17-20)22-10-5-6-11-23(22)29-4;/h5-11,14,19-20H,12-13,15-17H2,1-4H3,(H2,25,26,27);1H. The third-order valence-electron chi connectivity index (χ3n) is 5.38. The van der Waals surface area contributed by atoms with Crippen LogP contribution in [0, 0.1) is 12.8 Å². The van der Waals surface area contributed by atoms with E-state index in [1.165, 1.54) is 11.3 Å². The number of methoxy groups -OCH3 is 1. The first-order valence-corrected chi connectivity index (χ1v) is 10.6. The monoisotopic (exact) mass is 538 g/mol. The zero-order valence-electron chi connectivity index (χ0n) is 18.9. The summed E-state index contributed by atoms with van der Waals surface area (Å²) >= 11 is 0. The molecule has 0 spiro atoms. The van der Waals surface area contributed by atoms with Crippen molar-refractivity contribution in [2.75, 3.05) is 45.2 Å². The molecule has 0 bridgehead atoms. The average molecular weight is 538 g/mol. The summed E-state index contributed by atoms with van der Waals surface area (Å²) in [5.74, 6) is 3.21. The van der Waals surface area contributed by atoms with Gasteiger partial charge in [-0.25, -0.2) is 0 Å². The van der Waals surface area contributed by atoms with E-state index in [0.717, 1.165) is 43.5 Å². The lowest BCUT2D eigenvalue weighted by Crippen LogP contribution is -2.43. The summed E-state index contributed by atoms with van der Waals surface area (Å²) in [5.41, 5.74) is 2.37. The molecule has 2 aromatic carbocycles. The second kappa shape index (κ2) is 12.6. The van der Waals surface area contributed by atoms with Gasteiger partial charge in [0.25, 0.3) is 0 Å². The van der Waals surface area contributed by atoms with Crippen molar-refractivity contribution in [2.24, 2.45) is 10.9 Å². The van der Waals surface area contributed by atoms with E-state index in [1.54, 1.807) is 14.2 Å². The molecule has 0 amide bonds. The van der Waals surface area contributed by atoms with Crippen molar-refractivity contribution in [3.05, 3.63) is 54.1 Å². The maximum absolute atomic E-state index is 5.99. The van der Waals surface area contributed by atoms with Gasteiger partial charge in [-0.05, 0) is 56.0 Å². The highest BCUT2D eigenvalue weighted by atomic mass is 127. The molecular weight excluding hydrogens is 503 g/mol. The fourth-order valence-corrected chi connectivity index (χ4v) is 3.77. The minimum Gasteiger partial charge on any atom is -0.495 e. The van der Waals surface area contributed by atoms with Gasteiger partial charge in [-0.2, -0.15) is 0 Å². The highest BCUT2D eigenvalue weighted by Gasteiger charge is 2.24. The minimum absolute atomic E-state index is 0. The highest BCUT2D eigenvalue weighted by molar-refractivity contribution is 14.0. The largest absolute Gasteiger partial charge is 0.495 e. The predicted molar refractivity (Wildman–Crippen MR) is 139 cm³/mol. The van der Waals surface area contributed by atoms with E-state index in [4.69, 9.17) is 9.47 Å². The van der Waals surface area contributed by atoms with Gasteiger partial charge >= 0.3 is 0 Å². The molecule has 1 aliphatic heterocycles. The molecule has 0 radical (unpaired) electrons. The normalized spacial score (nSPS) is 17.0. The van der Waals surface area contributed by atoms with E-state index in [1.807, 2.05) is 24.3 Å². The number of nitrogens with zero attached hydrogens (tertiary/aromatic N) is 2. The molecule has 170 valence electrons. The second-order valence-electron chi connectivity index (χ2n) is 7.85. The van der Waals surface area contributed by atoms with Crippen molar-refractivity contribution < 1.29 is 9.47 Å². The van der Waals surface area contributed by atoms with Crippen LogP contribution in [0.4, 0.5) is 5.69 Å². The van der Waals surface area contributed by atoms with E-state index >= 15 is 0 Å². The molecule has 2 atom stereocenters. The first kappa shape index (κ1) is 25.1. The van der Waals surface area contributed by atoms with Crippen LogP contribution in [-0.2, 0) is 0 Å². The maximum atomic E-state index is 5.99. The van der Waals surface area contributed by atoms with Gasteiger partial charge in [-0.3, -0.25) is 4.99 Å². The Morgan fingerprint density at radius 2 is 2.00 bits per heavy atom. The number of aliphatic imine (C=N–C) groups is 1. The summed E-state index contributed by atoms with van der Waals surface area (Å²) in [7, 11) is 3.53. The van der Waals surface area contributed by atoms with E-state index in [2.05, 4.69) is 58.6 Å². The van der Waals surface area contributed by atoms with Crippen molar-refractivity contribution in [1.82, 2.24) is 10.6 Å². The minimum atomic E-state index is 0. The van der Waals surface area contributed by atoms with Gasteiger partial charge in [0, 0.05) is 26.7 Å². The topological polar surface area (TPSA) is 58.1 Å². The number of nitrogens with one attached hydrogen (secondary N) is 2. The molecule has 31 heavy (non-hydrogen) atoms. The van der Waals surface area contributed by atoms with Crippen LogP contribution in [0.1, 0.15) is 18.9 Å². The molecule has 1 saturated heterocycles. The maximum Gasteiger partial charge on any atom is 0.191 e. The number of benzene rings is 2. The summed E-state index contributed by atoms with van der Waals surface area (Å²) in [6.45, 7) is 7.76. The lowest BCUT2D eigenvalue weighted by atomic mass is 10.1. The Kier molecular flexibility index (Phi) is 10.2. The number of guanidine groups is 1. The van der Waals surface area contributed by atoms with Gasteiger partial charge in [0.1, 0.15) is 17.6 Å². The lowest BCUT2D eigenvalue weighted by molar-refractivity contribution is 0.223. The number of rotatable bonds is 8. The molecule has 1 fully saturated rings. The second-order valence-corrected chi connectivity index (χ2v) is 7.85. The molecule has 1 aliphatic rings. The van der Waals surface area contributed by atoms with Gasteiger partial charge < -0.3 is 25.0 Å². The fraction of sp³-hybridized carbons (Fsp3) is 0.458. The summed E-state index contributed by atoms with van der Waals surface area (Å²) in [6.07, 6.45) is 1.19. The van der Waals surface area contributed by atoms with E-state index in [0.29, 0.717) is 12.5 Å². The number of ether oxygens (including phenoxy) is 2. The zero-order valence-corrected chi connectivity index (χ0v) is 21.3. The van der Waals surface area contributed by atoms with E-state index in [9.17, 15) is 0 Å². The zero-order chi connectivity index (χ0) is 21.3. The van der Waals surface area contributed by atoms with Crippen molar-refractivity contribution in [2.45, 2.75) is 26.4 Å². The van der Waals surface area contributed by atoms with Crippen LogP contribution in [0.5, 0.6) is 11.5 Å². The Hall–Kier alpha value is -2.16. The first-order valence-electron chi connectivity index (χ1n) is 10.6. The Balaban J connectivity index is 0.00000341. The van der Waals surface area contributed by atoms with Crippen molar-refractivity contribution in [3.8, 4) is 11.5 Å². The summed E-state index contributed by atoms with van der Waals surface area (Å²) in [5, 5.41) is 6.84. The van der Waals surface area contributed by atoms with Crippen LogP contribution < -0.4 is 25.0 Å². The van der Waals surface area contributed by atoms with Gasteiger partial charge in [0.2, 0.25) is 0 Å². The third kappa shape index (κ3) is 7.48. The van der Waals surface area contributed by atoms with Crippen LogP contribution in [0.3, 0.4) is 0 Å². The van der Waals surface area contributed by atoms with E-state index in [-0.39, 0.29) is 30.1 Å². The highest BCUT2D eigenvalue weighted by Crippen LogP contribution is 2.31. The summed E-state index contributed by atoms with van der Waals surface area (Å²) in [4.78, 5) is 6.75. The van der Waals surface area contributed by atoms with Crippen LogP contribution in [0.15, 0.2) is 53.5 Å². The molecule has 7 heteroatoms. The molecule has 1 heterocycles. The molecule has 2 aromatic rings. The molecule has 3 rings (SSSR count). The summed E-state index contributed by atoms with van der Waals surface area (Å²) in [6, 6.07) is 16.4. The summed E-state index contributed by atoms with van der Waals surface area (Å²) < 4.78 is 11.5. The number of para-hydroxylation sites is 2. The molecule has 6 nitrogen and oxygen atoms in total. The Labute approximate surface area is 203 Å². The van der Waals surface area contributed by atoms with Crippen LogP contribution in [0.2, 0.25) is 0 Å². The van der Waals surface area contributed by atoms with Gasteiger partial charge in [0.15, 0.2) is 5.96 Å². The van der Waals surface area contributed by atoms with Crippen LogP contribution >= 0.6 is 24.0 Å². The number of aryl methyl sites for hydroxylation is 1. The Morgan fingerprint density at radius 1 is 1.19 bits per heavy atom. The van der Waals surface area contributed by atoms with Crippen molar-refractivity contribution >= 4 is 35.6 Å². The molecule has 2 N–H and O–H groups in total. The number of halogens is 1. The van der Waals surface area contributed by atoms with Gasteiger partial charge in [-0.15, -0.1) is 24.0 Å². The predicted octanol–water partition coefficient (Wildman–Crippen LogP) is 4.08. The number of anilines is 1. The Bertz CT molecular complexity index is 846. The van der Waals surface area contributed by atoms with Crippen molar-refractivity contribution in [3.63, 3.8) is 0 Å². The third-order valence-corrected chi connectivity index (χ3v) is 5.38. The Morgan fingerprint density at radius 3 is 2.74 bits per heavy atom.